The monoisotopic (exact) mass is 381 g/mol. The Morgan fingerprint density at radius 2 is 1.85 bits per heavy atom. The molecular weight excluding hydrogens is 362 g/mol. The summed E-state index contributed by atoms with van der Waals surface area (Å²) in [6.45, 7) is 1.60. The second kappa shape index (κ2) is 6.66. The molecule has 0 saturated carbocycles. The lowest BCUT2D eigenvalue weighted by Gasteiger charge is -2.16. The second-order valence-corrected chi connectivity index (χ2v) is 8.74. The fraction of sp³-hybridized carbons (Fsp3) is 0.200. The van der Waals surface area contributed by atoms with Crippen LogP contribution >= 0.6 is 0 Å². The third kappa shape index (κ3) is 3.14. The summed E-state index contributed by atoms with van der Waals surface area (Å²) in [5.41, 5.74) is 5.04. The van der Waals surface area contributed by atoms with Crippen molar-refractivity contribution < 1.29 is 13.2 Å². The van der Waals surface area contributed by atoms with Crippen molar-refractivity contribution in [2.75, 3.05) is 11.1 Å². The average molecular weight is 381 g/mol. The molecule has 0 fully saturated rings. The van der Waals surface area contributed by atoms with Crippen molar-refractivity contribution in [1.29, 1.82) is 0 Å². The van der Waals surface area contributed by atoms with Crippen molar-refractivity contribution >= 4 is 21.4 Å². The number of fused-ring (bicyclic) bond motifs is 3. The Labute approximate surface area is 157 Å². The summed E-state index contributed by atoms with van der Waals surface area (Å²) in [6, 6.07) is 14.3. The van der Waals surface area contributed by atoms with Gasteiger partial charge < -0.3 is 5.32 Å². The Kier molecular flexibility index (Phi) is 4.31. The van der Waals surface area contributed by atoms with Crippen LogP contribution in [0.3, 0.4) is 0 Å². The number of hydrogen-bond acceptors (Lipinski definition) is 4. The van der Waals surface area contributed by atoms with Gasteiger partial charge in [0.25, 0.3) is 5.91 Å². The third-order valence-corrected chi connectivity index (χ3v) is 6.62. The molecule has 1 aliphatic carbocycles. The number of aromatic amines is 1. The SMILES string of the molecule is CCS(=O)(=O)c1ccc(NC(=O)c2n[nH]c3c2CCc2ccccc2-3)cc1. The third-order valence-electron chi connectivity index (χ3n) is 4.86. The molecule has 1 amide bonds. The number of carbonyl (C=O) groups is 1. The zero-order chi connectivity index (χ0) is 19.0. The summed E-state index contributed by atoms with van der Waals surface area (Å²) in [7, 11) is -3.26. The van der Waals surface area contributed by atoms with E-state index < -0.39 is 9.84 Å². The lowest BCUT2D eigenvalue weighted by Crippen LogP contribution is -2.16. The second-order valence-electron chi connectivity index (χ2n) is 6.46. The molecule has 138 valence electrons. The van der Waals surface area contributed by atoms with Crippen LogP contribution < -0.4 is 5.32 Å². The minimum absolute atomic E-state index is 0.0413. The van der Waals surface area contributed by atoms with Crippen LogP contribution in [-0.4, -0.2) is 30.3 Å². The molecule has 0 aliphatic heterocycles. The number of hydrogen-bond donors (Lipinski definition) is 2. The van der Waals surface area contributed by atoms with Crippen molar-refractivity contribution in [3.63, 3.8) is 0 Å². The van der Waals surface area contributed by atoms with Gasteiger partial charge in [0, 0.05) is 16.8 Å². The van der Waals surface area contributed by atoms with Crippen LogP contribution in [0.15, 0.2) is 53.4 Å². The topological polar surface area (TPSA) is 91.9 Å². The first-order chi connectivity index (χ1) is 13.0. The molecule has 1 aromatic heterocycles. The first-order valence-electron chi connectivity index (χ1n) is 8.79. The maximum absolute atomic E-state index is 12.7. The summed E-state index contributed by atoms with van der Waals surface area (Å²) in [4.78, 5) is 12.9. The predicted molar refractivity (Wildman–Crippen MR) is 104 cm³/mol. The Morgan fingerprint density at radius 1 is 1.11 bits per heavy atom. The molecule has 27 heavy (non-hydrogen) atoms. The lowest BCUT2D eigenvalue weighted by molar-refractivity contribution is 0.102. The van der Waals surface area contributed by atoms with Gasteiger partial charge in [-0.25, -0.2) is 8.42 Å². The molecule has 0 spiro atoms. The number of aromatic nitrogens is 2. The summed E-state index contributed by atoms with van der Waals surface area (Å²) in [5, 5.41) is 10.0. The molecule has 3 aromatic rings. The number of nitrogens with zero attached hydrogens (tertiary/aromatic N) is 1. The number of amides is 1. The van der Waals surface area contributed by atoms with Gasteiger partial charge in [-0.2, -0.15) is 5.10 Å². The van der Waals surface area contributed by atoms with Crippen molar-refractivity contribution in [3.05, 3.63) is 65.4 Å². The molecule has 4 rings (SSSR count). The van der Waals surface area contributed by atoms with Crippen LogP contribution in [0.5, 0.6) is 0 Å². The molecule has 0 atom stereocenters. The standard InChI is InChI=1S/C20H19N3O3S/c1-2-27(25,26)15-10-8-14(9-11-15)21-20(24)19-17-12-7-13-5-3-4-6-16(13)18(17)22-23-19/h3-6,8-11H,2,7,12H2,1H3,(H,21,24)(H,22,23). The number of carbonyl (C=O) groups excluding carboxylic acids is 1. The predicted octanol–water partition coefficient (Wildman–Crippen LogP) is 3.22. The van der Waals surface area contributed by atoms with Gasteiger partial charge in [-0.3, -0.25) is 9.89 Å². The van der Waals surface area contributed by atoms with Crippen LogP contribution in [0, 0.1) is 0 Å². The molecule has 0 radical (unpaired) electrons. The number of H-pyrrole nitrogens is 1. The highest BCUT2D eigenvalue weighted by Gasteiger charge is 2.25. The van der Waals surface area contributed by atoms with Gasteiger partial charge in [0.15, 0.2) is 15.5 Å². The highest BCUT2D eigenvalue weighted by molar-refractivity contribution is 7.91. The highest BCUT2D eigenvalue weighted by atomic mass is 32.2. The Morgan fingerprint density at radius 3 is 2.59 bits per heavy atom. The lowest BCUT2D eigenvalue weighted by atomic mass is 9.89. The highest BCUT2D eigenvalue weighted by Crippen LogP contribution is 2.33. The van der Waals surface area contributed by atoms with Gasteiger partial charge in [-0.1, -0.05) is 31.2 Å². The average Bonchev–Trinajstić information content (AvgIpc) is 3.13. The molecule has 6 nitrogen and oxygen atoms in total. The molecule has 2 aromatic carbocycles. The van der Waals surface area contributed by atoms with Crippen LogP contribution in [-0.2, 0) is 22.7 Å². The number of anilines is 1. The molecule has 0 bridgehead atoms. The van der Waals surface area contributed by atoms with E-state index in [4.69, 9.17) is 0 Å². The van der Waals surface area contributed by atoms with E-state index in [1.165, 1.54) is 17.7 Å². The molecule has 7 heteroatoms. The quantitative estimate of drug-likeness (QED) is 0.726. The summed E-state index contributed by atoms with van der Waals surface area (Å²) < 4.78 is 23.8. The minimum Gasteiger partial charge on any atom is -0.321 e. The molecule has 1 aliphatic rings. The van der Waals surface area contributed by atoms with E-state index in [1.807, 2.05) is 18.2 Å². The fourth-order valence-corrected chi connectivity index (χ4v) is 4.25. The normalized spacial score (nSPS) is 12.9. The van der Waals surface area contributed by atoms with E-state index in [0.29, 0.717) is 11.4 Å². The largest absolute Gasteiger partial charge is 0.321 e. The Bertz CT molecular complexity index is 1120. The van der Waals surface area contributed by atoms with E-state index in [0.717, 1.165) is 29.7 Å². The number of rotatable bonds is 4. The Hall–Kier alpha value is -2.93. The molecule has 0 saturated heterocycles. The van der Waals surface area contributed by atoms with Crippen molar-refractivity contribution in [3.8, 4) is 11.3 Å². The molecule has 2 N–H and O–H groups in total. The van der Waals surface area contributed by atoms with Gasteiger partial charge in [-0.15, -0.1) is 0 Å². The van der Waals surface area contributed by atoms with Crippen molar-refractivity contribution in [2.45, 2.75) is 24.7 Å². The van der Waals surface area contributed by atoms with Gasteiger partial charge in [0.05, 0.1) is 16.3 Å². The van der Waals surface area contributed by atoms with Crippen molar-refractivity contribution in [1.82, 2.24) is 10.2 Å². The van der Waals surface area contributed by atoms with E-state index in [2.05, 4.69) is 21.6 Å². The summed E-state index contributed by atoms with van der Waals surface area (Å²) >= 11 is 0. The number of benzene rings is 2. The number of aryl methyl sites for hydroxylation is 1. The van der Waals surface area contributed by atoms with E-state index >= 15 is 0 Å². The van der Waals surface area contributed by atoms with Gasteiger partial charge in [-0.05, 0) is 42.7 Å². The van der Waals surface area contributed by atoms with Gasteiger partial charge in [0.1, 0.15) is 0 Å². The first kappa shape index (κ1) is 17.5. The maximum atomic E-state index is 12.7. The van der Waals surface area contributed by atoms with E-state index in [1.54, 1.807) is 19.1 Å². The number of nitrogens with one attached hydrogen (secondary N) is 2. The summed E-state index contributed by atoms with van der Waals surface area (Å²) in [6.07, 6.45) is 1.62. The maximum Gasteiger partial charge on any atom is 0.276 e. The van der Waals surface area contributed by atoms with E-state index in [9.17, 15) is 13.2 Å². The fourth-order valence-electron chi connectivity index (χ4n) is 3.36. The van der Waals surface area contributed by atoms with Crippen LogP contribution in [0.25, 0.3) is 11.3 Å². The molecule has 1 heterocycles. The van der Waals surface area contributed by atoms with Crippen LogP contribution in [0.2, 0.25) is 0 Å². The van der Waals surface area contributed by atoms with E-state index in [-0.39, 0.29) is 16.6 Å². The molecule has 0 unspecified atom stereocenters. The first-order valence-corrected chi connectivity index (χ1v) is 10.4. The minimum atomic E-state index is -3.26. The van der Waals surface area contributed by atoms with Gasteiger partial charge in [0.2, 0.25) is 0 Å². The van der Waals surface area contributed by atoms with Crippen molar-refractivity contribution in [2.24, 2.45) is 0 Å². The van der Waals surface area contributed by atoms with Crippen LogP contribution in [0.4, 0.5) is 5.69 Å². The van der Waals surface area contributed by atoms with Gasteiger partial charge >= 0.3 is 0 Å². The summed E-state index contributed by atoms with van der Waals surface area (Å²) in [5.74, 6) is -0.266. The smallest absolute Gasteiger partial charge is 0.276 e. The Balaban J connectivity index is 1.58. The van der Waals surface area contributed by atoms with Crippen LogP contribution in [0.1, 0.15) is 28.5 Å². The zero-order valence-corrected chi connectivity index (χ0v) is 15.6. The zero-order valence-electron chi connectivity index (χ0n) is 14.8. The molecular formula is C20H19N3O3S. The number of sulfone groups is 1.